The van der Waals surface area contributed by atoms with Gasteiger partial charge in [0.25, 0.3) is 0 Å². The minimum atomic E-state index is 0.292. The van der Waals surface area contributed by atoms with E-state index in [1.165, 1.54) is 12.0 Å². The predicted molar refractivity (Wildman–Crippen MR) is 76.6 cm³/mol. The summed E-state index contributed by atoms with van der Waals surface area (Å²) >= 11 is 0. The highest BCUT2D eigenvalue weighted by atomic mass is 16.2. The maximum absolute atomic E-state index is 11.7. The van der Waals surface area contributed by atoms with Crippen molar-refractivity contribution in [2.75, 3.05) is 13.1 Å². The monoisotopic (exact) mass is 247 g/mol. The number of hydrogen-bond donors (Lipinski definition) is 0. The molecule has 0 aliphatic carbocycles. The van der Waals surface area contributed by atoms with E-state index in [-0.39, 0.29) is 0 Å². The molecule has 0 aromatic heterocycles. The summed E-state index contributed by atoms with van der Waals surface area (Å²) in [4.78, 5) is 13.7. The molecule has 1 atom stereocenters. The first-order valence-electron chi connectivity index (χ1n) is 7.14. The van der Waals surface area contributed by atoms with Crippen LogP contribution >= 0.6 is 0 Å². The number of likely N-dealkylation sites (tertiary alicyclic amines) is 1. The molecule has 0 N–H and O–H groups in total. The van der Waals surface area contributed by atoms with E-state index in [9.17, 15) is 4.79 Å². The quantitative estimate of drug-likeness (QED) is 0.778. The highest BCUT2D eigenvalue weighted by Crippen LogP contribution is 2.26. The van der Waals surface area contributed by atoms with Gasteiger partial charge in [-0.2, -0.15) is 0 Å². The summed E-state index contributed by atoms with van der Waals surface area (Å²) in [6, 6.07) is 10.5. The van der Waals surface area contributed by atoms with E-state index in [1.54, 1.807) is 0 Å². The van der Waals surface area contributed by atoms with Crippen molar-refractivity contribution in [3.05, 3.63) is 35.9 Å². The van der Waals surface area contributed by atoms with E-state index in [0.29, 0.717) is 18.2 Å². The van der Waals surface area contributed by atoms with Crippen LogP contribution in [0.3, 0.4) is 0 Å². The number of nitrogens with zero attached hydrogens (tertiary/aromatic N) is 1. The van der Waals surface area contributed by atoms with Crippen LogP contribution in [-0.2, 0) is 4.79 Å². The molecule has 0 unspecified atom stereocenters. The molecule has 1 saturated heterocycles. The van der Waals surface area contributed by atoms with Crippen LogP contribution in [0.2, 0.25) is 0 Å². The van der Waals surface area contributed by atoms with Crippen LogP contribution in [0.25, 0.3) is 0 Å². The zero-order valence-electron chi connectivity index (χ0n) is 11.9. The van der Waals surface area contributed by atoms with Gasteiger partial charge in [-0.3, -0.25) is 4.79 Å². The molecule has 100 valence electrons. The smallest absolute Gasteiger partial charge is 0.222 e. The number of carbonyl (C=O) groups is 1. The molecule has 0 bridgehead atoms. The molecule has 1 aromatic rings. The van der Waals surface area contributed by atoms with Crippen LogP contribution in [0.5, 0.6) is 0 Å². The van der Waals surface area contributed by atoms with Crippen LogP contribution in [0, 0.1) is 0 Å². The van der Waals surface area contributed by atoms with E-state index >= 15 is 0 Å². The summed E-state index contributed by atoms with van der Waals surface area (Å²) in [5, 5.41) is 0. The third-order valence-electron chi connectivity index (χ3n) is 3.35. The van der Waals surface area contributed by atoms with Gasteiger partial charge in [0.2, 0.25) is 5.91 Å². The van der Waals surface area contributed by atoms with Crippen molar-refractivity contribution in [3.63, 3.8) is 0 Å². The number of carbonyl (C=O) groups excluding carboxylic acids is 1. The molecule has 2 nitrogen and oxygen atoms in total. The molecule has 1 aromatic carbocycles. The molecule has 0 spiro atoms. The Balaban J connectivity index is 0.000000771. The van der Waals surface area contributed by atoms with Crippen LogP contribution in [-0.4, -0.2) is 23.9 Å². The molecule has 1 aliphatic heterocycles. The van der Waals surface area contributed by atoms with Crippen LogP contribution in [0.15, 0.2) is 30.3 Å². The van der Waals surface area contributed by atoms with E-state index in [0.717, 1.165) is 19.5 Å². The normalized spacial score (nSPS) is 18.8. The van der Waals surface area contributed by atoms with Crippen LogP contribution in [0.1, 0.15) is 51.5 Å². The molecule has 2 rings (SSSR count). The largest absolute Gasteiger partial charge is 0.342 e. The first-order valence-corrected chi connectivity index (χ1v) is 7.14. The fraction of sp³-hybridized carbons (Fsp3) is 0.562. The van der Waals surface area contributed by atoms with Crippen molar-refractivity contribution >= 4 is 5.91 Å². The van der Waals surface area contributed by atoms with Crippen molar-refractivity contribution in [2.45, 2.75) is 46.0 Å². The fourth-order valence-electron chi connectivity index (χ4n) is 2.42. The minimum absolute atomic E-state index is 0.292. The molecule has 0 saturated carbocycles. The average molecular weight is 247 g/mol. The number of benzene rings is 1. The van der Waals surface area contributed by atoms with E-state index in [1.807, 2.05) is 31.7 Å². The number of hydrogen-bond acceptors (Lipinski definition) is 1. The summed E-state index contributed by atoms with van der Waals surface area (Å²) in [5.74, 6) is 0.825. The second-order valence-electron chi connectivity index (χ2n) is 4.44. The maximum Gasteiger partial charge on any atom is 0.222 e. The molecule has 1 fully saturated rings. The Labute approximate surface area is 111 Å². The molecule has 18 heavy (non-hydrogen) atoms. The SMILES string of the molecule is CC.CCC(=O)N1CCC[C@@H](c2ccccc2)C1. The van der Waals surface area contributed by atoms with Crippen LogP contribution < -0.4 is 0 Å². The molecular weight excluding hydrogens is 222 g/mol. The lowest BCUT2D eigenvalue weighted by molar-refractivity contribution is -0.132. The van der Waals surface area contributed by atoms with E-state index in [4.69, 9.17) is 0 Å². The highest BCUT2D eigenvalue weighted by Gasteiger charge is 2.23. The van der Waals surface area contributed by atoms with Gasteiger partial charge in [0.05, 0.1) is 0 Å². The van der Waals surface area contributed by atoms with Gasteiger partial charge in [0, 0.05) is 25.4 Å². The standard InChI is InChI=1S/C14H19NO.C2H6/c1-2-14(16)15-10-6-9-13(11-15)12-7-4-3-5-8-12;1-2/h3-5,7-8,13H,2,6,9-11H2,1H3;1-2H3/t13-;/m1./s1. The van der Waals surface area contributed by atoms with Gasteiger partial charge in [-0.25, -0.2) is 0 Å². The second-order valence-corrected chi connectivity index (χ2v) is 4.44. The number of piperidine rings is 1. The lowest BCUT2D eigenvalue weighted by Gasteiger charge is -2.33. The molecule has 1 heterocycles. The van der Waals surface area contributed by atoms with E-state index < -0.39 is 0 Å². The van der Waals surface area contributed by atoms with Gasteiger partial charge in [-0.15, -0.1) is 0 Å². The third kappa shape index (κ3) is 3.86. The summed E-state index contributed by atoms with van der Waals surface area (Å²) < 4.78 is 0. The van der Waals surface area contributed by atoms with Gasteiger partial charge < -0.3 is 4.90 Å². The lowest BCUT2D eigenvalue weighted by Crippen LogP contribution is -2.38. The molecular formula is C16H25NO. The zero-order chi connectivity index (χ0) is 13.4. The Kier molecular flexibility index (Phi) is 6.48. The second kappa shape index (κ2) is 7.91. The Morgan fingerprint density at radius 3 is 2.56 bits per heavy atom. The van der Waals surface area contributed by atoms with E-state index in [2.05, 4.69) is 24.3 Å². The number of amides is 1. The third-order valence-corrected chi connectivity index (χ3v) is 3.35. The molecule has 1 aliphatic rings. The molecule has 1 amide bonds. The highest BCUT2D eigenvalue weighted by molar-refractivity contribution is 5.76. The Morgan fingerprint density at radius 2 is 1.94 bits per heavy atom. The summed E-state index contributed by atoms with van der Waals surface area (Å²) in [7, 11) is 0. The summed E-state index contributed by atoms with van der Waals surface area (Å²) in [6.45, 7) is 7.78. The lowest BCUT2D eigenvalue weighted by atomic mass is 9.90. The number of rotatable bonds is 2. The van der Waals surface area contributed by atoms with Gasteiger partial charge in [0.1, 0.15) is 0 Å². The van der Waals surface area contributed by atoms with Crippen molar-refractivity contribution in [2.24, 2.45) is 0 Å². The van der Waals surface area contributed by atoms with Crippen molar-refractivity contribution in [1.82, 2.24) is 4.90 Å². The van der Waals surface area contributed by atoms with Gasteiger partial charge >= 0.3 is 0 Å². The minimum Gasteiger partial charge on any atom is -0.342 e. The van der Waals surface area contributed by atoms with Crippen molar-refractivity contribution in [3.8, 4) is 0 Å². The van der Waals surface area contributed by atoms with Gasteiger partial charge in [0.15, 0.2) is 0 Å². The maximum atomic E-state index is 11.7. The van der Waals surface area contributed by atoms with Gasteiger partial charge in [-0.05, 0) is 18.4 Å². The molecule has 2 heteroatoms. The van der Waals surface area contributed by atoms with Crippen molar-refractivity contribution < 1.29 is 4.79 Å². The van der Waals surface area contributed by atoms with Crippen LogP contribution in [0.4, 0.5) is 0 Å². The van der Waals surface area contributed by atoms with Crippen molar-refractivity contribution in [1.29, 1.82) is 0 Å². The Bertz CT molecular complexity index is 347. The zero-order valence-corrected chi connectivity index (χ0v) is 11.9. The topological polar surface area (TPSA) is 20.3 Å². The predicted octanol–water partition coefficient (Wildman–Crippen LogP) is 3.83. The Hall–Kier alpha value is -1.31. The summed E-state index contributed by atoms with van der Waals surface area (Å²) in [5.41, 5.74) is 1.37. The average Bonchev–Trinajstić information content (AvgIpc) is 2.49. The summed E-state index contributed by atoms with van der Waals surface area (Å²) in [6.07, 6.45) is 2.96. The molecule has 0 radical (unpaired) electrons. The first kappa shape index (κ1) is 14.7. The first-order chi connectivity index (χ1) is 8.81. The Morgan fingerprint density at radius 1 is 1.28 bits per heavy atom. The fourth-order valence-corrected chi connectivity index (χ4v) is 2.42. The van der Waals surface area contributed by atoms with Gasteiger partial charge in [-0.1, -0.05) is 51.1 Å².